The molecule has 1 atom stereocenters. The Morgan fingerprint density at radius 2 is 2.00 bits per heavy atom. The van der Waals surface area contributed by atoms with Crippen LogP contribution in [0.15, 0.2) is 0 Å². The first-order valence-corrected chi connectivity index (χ1v) is 5.70. The highest BCUT2D eigenvalue weighted by atomic mass is 32.2. The van der Waals surface area contributed by atoms with Gasteiger partial charge in [-0.1, -0.05) is 26.2 Å². The molecule has 0 spiro atoms. The van der Waals surface area contributed by atoms with Crippen LogP contribution in [0.1, 0.15) is 39.0 Å². The largest absolute Gasteiger partial charge is 0.243 e. The van der Waals surface area contributed by atoms with Gasteiger partial charge in [0.1, 0.15) is 0 Å². The van der Waals surface area contributed by atoms with E-state index in [0.717, 1.165) is 19.4 Å². The van der Waals surface area contributed by atoms with Gasteiger partial charge in [-0.15, -0.1) is 0 Å². The molecule has 1 unspecified atom stereocenters. The van der Waals surface area contributed by atoms with E-state index in [1.165, 1.54) is 19.3 Å². The molecule has 1 fully saturated rings. The van der Waals surface area contributed by atoms with Crippen LogP contribution in [-0.4, -0.2) is 16.0 Å². The summed E-state index contributed by atoms with van der Waals surface area (Å²) in [4.78, 5) is 0. The van der Waals surface area contributed by atoms with Gasteiger partial charge in [-0.2, -0.15) is 0 Å². The fourth-order valence-corrected chi connectivity index (χ4v) is 2.82. The first kappa shape index (κ1) is 9.20. The molecule has 3 heteroatoms. The molecule has 0 saturated heterocycles. The van der Waals surface area contributed by atoms with Crippen molar-refractivity contribution in [2.75, 3.05) is 6.54 Å². The summed E-state index contributed by atoms with van der Waals surface area (Å²) in [7, 11) is -0.756. The van der Waals surface area contributed by atoms with Crippen LogP contribution in [0.2, 0.25) is 0 Å². The molecule has 0 aromatic heterocycles. The lowest BCUT2D eigenvalue weighted by Gasteiger charge is -2.20. The summed E-state index contributed by atoms with van der Waals surface area (Å²) >= 11 is 0. The van der Waals surface area contributed by atoms with E-state index in [-0.39, 0.29) is 0 Å². The first-order valence-electron chi connectivity index (χ1n) is 4.48. The van der Waals surface area contributed by atoms with Crippen molar-refractivity contribution in [2.45, 2.75) is 44.3 Å². The normalized spacial score (nSPS) is 23.4. The zero-order valence-corrected chi connectivity index (χ0v) is 7.95. The van der Waals surface area contributed by atoms with E-state index in [1.807, 2.05) is 6.92 Å². The zero-order chi connectivity index (χ0) is 8.10. The lowest BCUT2D eigenvalue weighted by Crippen LogP contribution is -2.29. The van der Waals surface area contributed by atoms with Crippen LogP contribution in [0.25, 0.3) is 0 Å². The summed E-state index contributed by atoms with van der Waals surface area (Å²) in [5.41, 5.74) is 0. The molecule has 0 aromatic carbocycles. The van der Waals surface area contributed by atoms with Crippen LogP contribution >= 0.6 is 0 Å². The molecule has 0 radical (unpaired) electrons. The quantitative estimate of drug-likeness (QED) is 0.693. The second-order valence-electron chi connectivity index (χ2n) is 3.06. The minimum absolute atomic E-state index is 0.434. The van der Waals surface area contributed by atoms with Crippen LogP contribution in [-0.2, 0) is 11.0 Å². The third-order valence-electron chi connectivity index (χ3n) is 2.14. The van der Waals surface area contributed by atoms with Gasteiger partial charge in [0.15, 0.2) is 0 Å². The van der Waals surface area contributed by atoms with Crippen molar-refractivity contribution in [1.82, 2.24) is 4.72 Å². The minimum atomic E-state index is -0.756. The SMILES string of the molecule is CCNS(=O)C1CCCCC1. The van der Waals surface area contributed by atoms with Crippen LogP contribution in [0, 0.1) is 0 Å². The Morgan fingerprint density at radius 1 is 1.36 bits per heavy atom. The molecule has 1 aliphatic rings. The van der Waals surface area contributed by atoms with Gasteiger partial charge in [0, 0.05) is 11.8 Å². The molecular formula is C8H17NOS. The fraction of sp³-hybridized carbons (Fsp3) is 1.00. The Labute approximate surface area is 71.3 Å². The second kappa shape index (κ2) is 4.88. The number of hydrogen-bond acceptors (Lipinski definition) is 1. The van der Waals surface area contributed by atoms with E-state index < -0.39 is 11.0 Å². The maximum Gasteiger partial charge on any atom is 0.0946 e. The summed E-state index contributed by atoms with van der Waals surface area (Å²) in [6.45, 7) is 2.82. The average molecular weight is 175 g/mol. The summed E-state index contributed by atoms with van der Waals surface area (Å²) in [5.74, 6) is 0. The molecule has 0 heterocycles. The van der Waals surface area contributed by atoms with Crippen molar-refractivity contribution in [1.29, 1.82) is 0 Å². The average Bonchev–Trinajstić information content (AvgIpc) is 2.07. The van der Waals surface area contributed by atoms with Crippen LogP contribution < -0.4 is 4.72 Å². The Kier molecular flexibility index (Phi) is 4.08. The Bertz CT molecular complexity index is 132. The minimum Gasteiger partial charge on any atom is -0.243 e. The van der Waals surface area contributed by atoms with E-state index in [2.05, 4.69) is 4.72 Å². The molecule has 2 nitrogen and oxygen atoms in total. The van der Waals surface area contributed by atoms with Crippen molar-refractivity contribution in [2.24, 2.45) is 0 Å². The fourth-order valence-electron chi connectivity index (χ4n) is 1.54. The molecule has 0 aromatic rings. The second-order valence-corrected chi connectivity index (χ2v) is 4.61. The molecule has 0 bridgehead atoms. The van der Waals surface area contributed by atoms with Gasteiger partial charge >= 0.3 is 0 Å². The standard InChI is InChI=1S/C8H17NOS/c1-2-9-11(10)8-6-4-3-5-7-8/h8-9H,2-7H2,1H3. The van der Waals surface area contributed by atoms with Crippen LogP contribution in [0.5, 0.6) is 0 Å². The lowest BCUT2D eigenvalue weighted by atomic mass is 10.0. The summed E-state index contributed by atoms with van der Waals surface area (Å²) < 4.78 is 14.4. The Hall–Kier alpha value is 0.110. The summed E-state index contributed by atoms with van der Waals surface area (Å²) in [5, 5.41) is 0.434. The topological polar surface area (TPSA) is 29.1 Å². The number of rotatable bonds is 3. The predicted molar refractivity (Wildman–Crippen MR) is 48.7 cm³/mol. The van der Waals surface area contributed by atoms with Gasteiger partial charge in [0.05, 0.1) is 11.0 Å². The van der Waals surface area contributed by atoms with Gasteiger partial charge in [-0.05, 0) is 12.8 Å². The number of nitrogens with one attached hydrogen (secondary N) is 1. The molecule has 1 aliphatic carbocycles. The van der Waals surface area contributed by atoms with E-state index in [9.17, 15) is 4.21 Å². The maximum atomic E-state index is 11.4. The van der Waals surface area contributed by atoms with Gasteiger partial charge in [-0.25, -0.2) is 8.93 Å². The first-order chi connectivity index (χ1) is 5.34. The van der Waals surface area contributed by atoms with Crippen molar-refractivity contribution in [3.63, 3.8) is 0 Å². The molecule has 1 rings (SSSR count). The highest BCUT2D eigenvalue weighted by molar-refractivity contribution is 7.83. The van der Waals surface area contributed by atoms with E-state index in [1.54, 1.807) is 0 Å². The molecule has 0 amide bonds. The van der Waals surface area contributed by atoms with Crippen LogP contribution in [0.3, 0.4) is 0 Å². The Balaban J connectivity index is 2.27. The third kappa shape index (κ3) is 2.91. The molecule has 1 N–H and O–H groups in total. The Morgan fingerprint density at radius 3 is 2.55 bits per heavy atom. The molecule has 66 valence electrons. The zero-order valence-electron chi connectivity index (χ0n) is 7.14. The van der Waals surface area contributed by atoms with Crippen LogP contribution in [0.4, 0.5) is 0 Å². The van der Waals surface area contributed by atoms with Gasteiger partial charge < -0.3 is 0 Å². The van der Waals surface area contributed by atoms with Gasteiger partial charge in [0.25, 0.3) is 0 Å². The highest BCUT2D eigenvalue weighted by Crippen LogP contribution is 2.20. The summed E-state index contributed by atoms with van der Waals surface area (Å²) in [6, 6.07) is 0. The highest BCUT2D eigenvalue weighted by Gasteiger charge is 2.18. The van der Waals surface area contributed by atoms with E-state index in [0.29, 0.717) is 5.25 Å². The molecular weight excluding hydrogens is 158 g/mol. The third-order valence-corrected chi connectivity index (χ3v) is 3.79. The van der Waals surface area contributed by atoms with Crippen molar-refractivity contribution >= 4 is 11.0 Å². The molecule has 11 heavy (non-hydrogen) atoms. The van der Waals surface area contributed by atoms with Gasteiger partial charge in [0.2, 0.25) is 0 Å². The van der Waals surface area contributed by atoms with E-state index >= 15 is 0 Å². The van der Waals surface area contributed by atoms with E-state index in [4.69, 9.17) is 0 Å². The maximum absolute atomic E-state index is 11.4. The molecule has 0 aliphatic heterocycles. The van der Waals surface area contributed by atoms with Gasteiger partial charge in [-0.3, -0.25) is 0 Å². The molecule has 1 saturated carbocycles. The van der Waals surface area contributed by atoms with Crippen molar-refractivity contribution in [3.8, 4) is 0 Å². The number of hydrogen-bond donors (Lipinski definition) is 1. The predicted octanol–water partition coefficient (Wildman–Crippen LogP) is 1.59. The summed E-state index contributed by atoms with van der Waals surface area (Å²) in [6.07, 6.45) is 6.17. The van der Waals surface area contributed by atoms with Crippen molar-refractivity contribution in [3.05, 3.63) is 0 Å². The lowest BCUT2D eigenvalue weighted by molar-refractivity contribution is 0.502. The monoisotopic (exact) mass is 175 g/mol. The van der Waals surface area contributed by atoms with Crippen molar-refractivity contribution < 1.29 is 4.21 Å². The smallest absolute Gasteiger partial charge is 0.0946 e.